The van der Waals surface area contributed by atoms with Crippen LogP contribution in [-0.4, -0.2) is 79.8 Å². The Morgan fingerprint density at radius 1 is 1.20 bits per heavy atom. The molecule has 2 saturated heterocycles. The van der Waals surface area contributed by atoms with Crippen LogP contribution in [0.5, 0.6) is 0 Å². The maximum absolute atomic E-state index is 12.3. The minimum atomic E-state index is -3.19. The largest absolute Gasteiger partial charge is 0.404 e. The molecule has 0 saturated carbocycles. The fraction of sp³-hybridized carbons (Fsp3) is 0.520. The lowest BCUT2D eigenvalue weighted by atomic mass is 9.88. The van der Waals surface area contributed by atoms with E-state index in [0.29, 0.717) is 30.7 Å². The first kappa shape index (κ1) is 25.4. The number of piperidine rings is 1. The molecule has 4 rings (SSSR count). The minimum Gasteiger partial charge on any atom is -0.404 e. The molecule has 10 heteroatoms. The van der Waals surface area contributed by atoms with Gasteiger partial charge >= 0.3 is 0 Å². The standard InChI is InChI=1S/C25H36N6O3S/c1-2-35(33,34)31-10-5-18(6-11-31)23-17-29-24-21(23)13-19(14-22(24)25(27)32)20(15-26)16-28-7-12-30-8-3-4-9-30/h13-18,29H,2-12,26H2,1H3,(H2,27,32). The third-order valence-corrected chi connectivity index (χ3v) is 9.11. The summed E-state index contributed by atoms with van der Waals surface area (Å²) in [5.74, 6) is -0.219. The van der Waals surface area contributed by atoms with Crippen molar-refractivity contribution in [2.75, 3.05) is 45.0 Å². The number of rotatable bonds is 9. The van der Waals surface area contributed by atoms with Crippen LogP contribution < -0.4 is 11.5 Å². The van der Waals surface area contributed by atoms with Crippen molar-refractivity contribution in [3.63, 3.8) is 0 Å². The molecule has 190 valence electrons. The van der Waals surface area contributed by atoms with Gasteiger partial charge in [0.15, 0.2) is 0 Å². The molecule has 1 amide bonds. The van der Waals surface area contributed by atoms with E-state index in [-0.39, 0.29) is 11.7 Å². The maximum atomic E-state index is 12.3. The monoisotopic (exact) mass is 500 g/mol. The smallest absolute Gasteiger partial charge is 0.250 e. The Bertz CT molecular complexity index is 1220. The van der Waals surface area contributed by atoms with Crippen LogP contribution >= 0.6 is 0 Å². The predicted molar refractivity (Wildman–Crippen MR) is 141 cm³/mol. The number of primary amides is 1. The topological polar surface area (TPSA) is 138 Å². The summed E-state index contributed by atoms with van der Waals surface area (Å²) < 4.78 is 26.1. The normalized spacial score (nSPS) is 19.3. The van der Waals surface area contributed by atoms with E-state index < -0.39 is 15.9 Å². The van der Waals surface area contributed by atoms with E-state index in [0.717, 1.165) is 54.6 Å². The van der Waals surface area contributed by atoms with Gasteiger partial charge in [-0.1, -0.05) is 0 Å². The fourth-order valence-electron chi connectivity index (χ4n) is 5.16. The first-order chi connectivity index (χ1) is 16.8. The summed E-state index contributed by atoms with van der Waals surface area (Å²) >= 11 is 0. The first-order valence-corrected chi connectivity index (χ1v) is 14.0. The number of aromatic amines is 1. The summed E-state index contributed by atoms with van der Waals surface area (Å²) in [7, 11) is -3.19. The van der Waals surface area contributed by atoms with Crippen LogP contribution in [0.3, 0.4) is 0 Å². The Balaban J connectivity index is 1.58. The Hall–Kier alpha value is -2.69. The summed E-state index contributed by atoms with van der Waals surface area (Å²) in [6.07, 6.45) is 9.14. The zero-order valence-electron chi connectivity index (χ0n) is 20.4. The lowest BCUT2D eigenvalue weighted by Crippen LogP contribution is -2.38. The molecular weight excluding hydrogens is 464 g/mol. The number of carbonyl (C=O) groups is 1. The highest BCUT2D eigenvalue weighted by molar-refractivity contribution is 7.89. The van der Waals surface area contributed by atoms with E-state index in [1.807, 2.05) is 12.3 Å². The average Bonchev–Trinajstić information content (AvgIpc) is 3.53. The highest BCUT2D eigenvalue weighted by Gasteiger charge is 2.29. The van der Waals surface area contributed by atoms with Crippen molar-refractivity contribution in [3.8, 4) is 0 Å². The molecule has 0 spiro atoms. The summed E-state index contributed by atoms with van der Waals surface area (Å²) in [5, 5.41) is 0.915. The number of allylic oxidation sites excluding steroid dienone is 1. The third-order valence-electron chi connectivity index (χ3n) is 7.23. The van der Waals surface area contributed by atoms with Crippen molar-refractivity contribution in [3.05, 3.63) is 41.2 Å². The van der Waals surface area contributed by atoms with Crippen LogP contribution in [0.25, 0.3) is 16.5 Å². The second kappa shape index (κ2) is 10.9. The number of amides is 1. The molecule has 2 aromatic rings. The summed E-state index contributed by atoms with van der Waals surface area (Å²) in [6.45, 7) is 6.54. The van der Waals surface area contributed by atoms with Gasteiger partial charge in [-0.2, -0.15) is 0 Å². The van der Waals surface area contributed by atoms with Crippen molar-refractivity contribution in [2.24, 2.45) is 16.5 Å². The molecule has 35 heavy (non-hydrogen) atoms. The van der Waals surface area contributed by atoms with E-state index in [2.05, 4.69) is 14.9 Å². The molecule has 1 aromatic carbocycles. The second-order valence-corrected chi connectivity index (χ2v) is 11.6. The van der Waals surface area contributed by atoms with Crippen LogP contribution in [-0.2, 0) is 10.0 Å². The maximum Gasteiger partial charge on any atom is 0.250 e. The highest BCUT2D eigenvalue weighted by Crippen LogP contribution is 2.36. The van der Waals surface area contributed by atoms with E-state index in [9.17, 15) is 13.2 Å². The van der Waals surface area contributed by atoms with Gasteiger partial charge < -0.3 is 21.4 Å². The molecule has 3 heterocycles. The minimum absolute atomic E-state index is 0.115. The van der Waals surface area contributed by atoms with Gasteiger partial charge in [0.05, 0.1) is 23.4 Å². The van der Waals surface area contributed by atoms with Crippen molar-refractivity contribution < 1.29 is 13.2 Å². The molecule has 2 aliphatic heterocycles. The Labute approximate surface area is 207 Å². The molecule has 0 radical (unpaired) electrons. The van der Waals surface area contributed by atoms with Crippen LogP contribution in [0.1, 0.15) is 60.0 Å². The van der Waals surface area contributed by atoms with Gasteiger partial charge in [0.2, 0.25) is 10.0 Å². The van der Waals surface area contributed by atoms with Gasteiger partial charge in [0, 0.05) is 49.2 Å². The number of nitrogens with one attached hydrogen (secondary N) is 1. The highest BCUT2D eigenvalue weighted by atomic mass is 32.2. The number of carbonyl (C=O) groups excluding carboxylic acids is 1. The lowest BCUT2D eigenvalue weighted by Gasteiger charge is -2.31. The van der Waals surface area contributed by atoms with E-state index in [4.69, 9.17) is 11.5 Å². The summed E-state index contributed by atoms with van der Waals surface area (Å²) in [4.78, 5) is 22.5. The molecule has 1 aromatic heterocycles. The van der Waals surface area contributed by atoms with Gasteiger partial charge in [-0.3, -0.25) is 9.79 Å². The zero-order chi connectivity index (χ0) is 25.0. The number of nitrogens with two attached hydrogens (primary N) is 2. The number of aliphatic imine (C=N–C) groups is 1. The van der Waals surface area contributed by atoms with Gasteiger partial charge in [-0.05, 0) is 74.9 Å². The average molecular weight is 501 g/mol. The quantitative estimate of drug-likeness (QED) is 0.454. The molecule has 0 bridgehead atoms. The molecule has 5 N–H and O–H groups in total. The fourth-order valence-corrected chi connectivity index (χ4v) is 6.29. The molecule has 2 fully saturated rings. The Morgan fingerprint density at radius 3 is 2.54 bits per heavy atom. The summed E-state index contributed by atoms with van der Waals surface area (Å²) in [5.41, 5.74) is 15.4. The van der Waals surface area contributed by atoms with E-state index >= 15 is 0 Å². The molecular formula is C25H36N6O3S. The summed E-state index contributed by atoms with van der Waals surface area (Å²) in [6, 6.07) is 3.78. The van der Waals surface area contributed by atoms with Crippen molar-refractivity contribution in [1.29, 1.82) is 0 Å². The third kappa shape index (κ3) is 5.60. The van der Waals surface area contributed by atoms with Crippen molar-refractivity contribution in [2.45, 2.75) is 38.5 Å². The Kier molecular flexibility index (Phi) is 7.93. The van der Waals surface area contributed by atoms with Gasteiger partial charge in [0.25, 0.3) is 5.91 Å². The second-order valence-electron chi connectivity index (χ2n) is 9.33. The predicted octanol–water partition coefficient (Wildman–Crippen LogP) is 2.26. The number of benzene rings is 1. The molecule has 0 aliphatic carbocycles. The Morgan fingerprint density at radius 2 is 1.91 bits per heavy atom. The molecule has 2 aliphatic rings. The van der Waals surface area contributed by atoms with Crippen LogP contribution in [0, 0.1) is 0 Å². The number of fused-ring (bicyclic) bond motifs is 1. The number of sulfonamides is 1. The van der Waals surface area contributed by atoms with Gasteiger partial charge in [-0.25, -0.2) is 12.7 Å². The van der Waals surface area contributed by atoms with Crippen molar-refractivity contribution >= 4 is 38.6 Å². The number of likely N-dealkylation sites (tertiary alicyclic amines) is 1. The number of hydrogen-bond donors (Lipinski definition) is 3. The van der Waals surface area contributed by atoms with Gasteiger partial charge in [-0.15, -0.1) is 0 Å². The van der Waals surface area contributed by atoms with Crippen molar-refractivity contribution in [1.82, 2.24) is 14.2 Å². The van der Waals surface area contributed by atoms with Gasteiger partial charge in [0.1, 0.15) is 0 Å². The number of nitrogens with zero attached hydrogens (tertiary/aromatic N) is 3. The van der Waals surface area contributed by atoms with Crippen LogP contribution in [0.4, 0.5) is 0 Å². The van der Waals surface area contributed by atoms with Crippen LogP contribution in [0.15, 0.2) is 29.5 Å². The SMILES string of the molecule is CCS(=O)(=O)N1CCC(c2c[nH]c3c(C(N)=O)cc(C(C=NCCN4CCCC4)=CN)cc23)CC1. The van der Waals surface area contributed by atoms with E-state index in [1.165, 1.54) is 19.0 Å². The van der Waals surface area contributed by atoms with Crippen LogP contribution in [0.2, 0.25) is 0 Å². The zero-order valence-corrected chi connectivity index (χ0v) is 21.2. The molecule has 9 nitrogen and oxygen atoms in total. The number of hydrogen-bond acceptors (Lipinski definition) is 6. The first-order valence-electron chi connectivity index (χ1n) is 12.4. The lowest BCUT2D eigenvalue weighted by molar-refractivity contribution is 0.100. The number of H-pyrrole nitrogens is 1. The molecule has 0 atom stereocenters. The number of aromatic nitrogens is 1. The molecule has 0 unspecified atom stereocenters. The van der Waals surface area contributed by atoms with E-state index in [1.54, 1.807) is 23.5 Å².